The van der Waals surface area contributed by atoms with Gasteiger partial charge in [0.1, 0.15) is 5.41 Å². The van der Waals surface area contributed by atoms with Crippen LogP contribution in [0.3, 0.4) is 0 Å². The zero-order valence-corrected chi connectivity index (χ0v) is 24.2. The van der Waals surface area contributed by atoms with Crippen molar-refractivity contribution in [3.8, 4) is 0 Å². The van der Waals surface area contributed by atoms with E-state index in [1.807, 2.05) is 24.3 Å². The molecule has 13 heteroatoms. The molecule has 43 heavy (non-hydrogen) atoms. The van der Waals surface area contributed by atoms with E-state index in [1.54, 1.807) is 36.4 Å². The number of aromatic nitrogens is 4. The number of aromatic amines is 1. The normalized spacial score (nSPS) is 18.1. The number of ether oxygens (including phenoxy) is 2. The minimum absolute atomic E-state index is 0.0415. The van der Waals surface area contributed by atoms with Crippen LogP contribution in [-0.4, -0.2) is 64.8 Å². The average Bonchev–Trinajstić information content (AvgIpc) is 3.56. The second-order valence-corrected chi connectivity index (χ2v) is 9.91. The number of nitrogens with one attached hydrogen (secondary N) is 4. The van der Waals surface area contributed by atoms with Gasteiger partial charge < -0.3 is 20.1 Å². The van der Waals surface area contributed by atoms with Gasteiger partial charge in [-0.25, -0.2) is 9.59 Å². The number of carbonyl (C=O) groups is 4. The predicted molar refractivity (Wildman–Crippen MR) is 156 cm³/mol. The minimum atomic E-state index is -1.55. The molecule has 0 spiro atoms. The van der Waals surface area contributed by atoms with Crippen molar-refractivity contribution < 1.29 is 28.7 Å². The number of allylic oxidation sites excluding steroid dienone is 2. The SMILES string of the molecule is CCC(C)c1ccc(C2(C(=O)OC)C=CC=C(C(=O)OC)C2NC(=O)NCc2ccc(C(=O)Nc3nn[nH]n3)cc2)cc1. The molecule has 0 aliphatic heterocycles. The summed E-state index contributed by atoms with van der Waals surface area (Å²) in [5.74, 6) is -1.44. The monoisotopic (exact) mass is 587 g/mol. The van der Waals surface area contributed by atoms with Gasteiger partial charge in [-0.15, -0.1) is 5.10 Å². The van der Waals surface area contributed by atoms with Crippen molar-refractivity contribution in [1.82, 2.24) is 31.3 Å². The van der Waals surface area contributed by atoms with Crippen molar-refractivity contribution in [1.29, 1.82) is 0 Å². The first-order chi connectivity index (χ1) is 20.7. The Morgan fingerprint density at radius 1 is 1.02 bits per heavy atom. The van der Waals surface area contributed by atoms with E-state index in [4.69, 9.17) is 9.47 Å². The summed E-state index contributed by atoms with van der Waals surface area (Å²) in [5, 5.41) is 21.0. The molecule has 4 N–H and O–H groups in total. The van der Waals surface area contributed by atoms with Crippen molar-refractivity contribution in [2.45, 2.75) is 44.2 Å². The molecule has 4 rings (SSSR count). The molecule has 1 aromatic heterocycles. The maximum Gasteiger partial charge on any atom is 0.335 e. The summed E-state index contributed by atoms with van der Waals surface area (Å²) >= 11 is 0. The fraction of sp³-hybridized carbons (Fsp3) is 0.300. The number of anilines is 1. The maximum absolute atomic E-state index is 13.5. The first-order valence-electron chi connectivity index (χ1n) is 13.6. The van der Waals surface area contributed by atoms with Crippen molar-refractivity contribution in [2.24, 2.45) is 0 Å². The smallest absolute Gasteiger partial charge is 0.335 e. The summed E-state index contributed by atoms with van der Waals surface area (Å²) in [7, 11) is 2.48. The molecule has 1 aliphatic carbocycles. The lowest BCUT2D eigenvalue weighted by Crippen LogP contribution is -2.59. The summed E-state index contributed by atoms with van der Waals surface area (Å²) in [6.45, 7) is 4.29. The lowest BCUT2D eigenvalue weighted by atomic mass is 9.68. The fourth-order valence-electron chi connectivity index (χ4n) is 4.82. The standard InChI is InChI=1S/C30H33N7O6/c1-5-18(2)20-12-14-22(15-13-20)30(27(40)43-4)16-6-7-23(26(39)42-3)24(30)32-29(41)31-17-19-8-10-21(11-9-19)25(38)33-28-34-36-37-35-28/h6-16,18,24H,5,17H2,1-4H3,(H2,31,32,41)(H2,33,34,35,36,37,38). The quantitative estimate of drug-likeness (QED) is 0.260. The van der Waals surface area contributed by atoms with Gasteiger partial charge in [-0.05, 0) is 52.5 Å². The van der Waals surface area contributed by atoms with E-state index in [1.165, 1.54) is 20.3 Å². The number of hydrogen-bond donors (Lipinski definition) is 4. The highest BCUT2D eigenvalue weighted by atomic mass is 16.5. The van der Waals surface area contributed by atoms with Gasteiger partial charge in [0.2, 0.25) is 0 Å². The number of tetrazole rings is 1. The molecule has 0 bridgehead atoms. The summed E-state index contributed by atoms with van der Waals surface area (Å²) in [6.07, 6.45) is 5.64. The summed E-state index contributed by atoms with van der Waals surface area (Å²) < 4.78 is 10.2. The zero-order chi connectivity index (χ0) is 31.0. The van der Waals surface area contributed by atoms with E-state index in [9.17, 15) is 19.2 Å². The number of hydrogen-bond acceptors (Lipinski definition) is 9. The molecular formula is C30H33N7O6. The fourth-order valence-corrected chi connectivity index (χ4v) is 4.82. The number of methoxy groups -OCH3 is 2. The van der Waals surface area contributed by atoms with Gasteiger partial charge in [0.15, 0.2) is 0 Å². The number of nitrogens with zero attached hydrogens (tertiary/aromatic N) is 3. The Labute approximate surface area is 248 Å². The van der Waals surface area contributed by atoms with Gasteiger partial charge in [0.25, 0.3) is 11.9 Å². The lowest BCUT2D eigenvalue weighted by Gasteiger charge is -2.39. The molecule has 0 fully saturated rings. The highest BCUT2D eigenvalue weighted by molar-refractivity contribution is 6.03. The van der Waals surface area contributed by atoms with E-state index in [-0.39, 0.29) is 18.1 Å². The minimum Gasteiger partial charge on any atom is -0.468 e. The first-order valence-corrected chi connectivity index (χ1v) is 13.6. The molecule has 0 radical (unpaired) electrons. The van der Waals surface area contributed by atoms with Gasteiger partial charge in [-0.3, -0.25) is 14.9 Å². The number of urea groups is 1. The number of benzene rings is 2. The van der Waals surface area contributed by atoms with Crippen LogP contribution >= 0.6 is 0 Å². The Morgan fingerprint density at radius 3 is 2.35 bits per heavy atom. The Kier molecular flexibility index (Phi) is 9.65. The molecular weight excluding hydrogens is 554 g/mol. The van der Waals surface area contributed by atoms with E-state index in [0.29, 0.717) is 22.6 Å². The summed E-state index contributed by atoms with van der Waals surface area (Å²) in [6, 6.07) is 12.2. The van der Waals surface area contributed by atoms with E-state index in [2.05, 4.69) is 50.4 Å². The molecule has 1 aliphatic rings. The number of rotatable bonds is 10. The molecule has 224 valence electrons. The highest BCUT2D eigenvalue weighted by Crippen LogP contribution is 2.38. The van der Waals surface area contributed by atoms with Crippen LogP contribution < -0.4 is 16.0 Å². The summed E-state index contributed by atoms with van der Waals surface area (Å²) in [4.78, 5) is 51.9. The predicted octanol–water partition coefficient (Wildman–Crippen LogP) is 2.91. The number of amides is 3. The molecule has 3 unspecified atom stereocenters. The largest absolute Gasteiger partial charge is 0.468 e. The third-order valence-electron chi connectivity index (χ3n) is 7.43. The van der Waals surface area contributed by atoms with Gasteiger partial charge in [-0.1, -0.05) is 67.5 Å². The second kappa shape index (κ2) is 13.6. The van der Waals surface area contributed by atoms with Crippen molar-refractivity contribution in [3.63, 3.8) is 0 Å². The average molecular weight is 588 g/mol. The summed E-state index contributed by atoms with van der Waals surface area (Å²) in [5.41, 5.74) is 1.20. The van der Waals surface area contributed by atoms with Crippen molar-refractivity contribution in [2.75, 3.05) is 19.5 Å². The van der Waals surface area contributed by atoms with Gasteiger partial charge in [0.05, 0.1) is 25.8 Å². The Hall–Kier alpha value is -5.33. The molecule has 3 atom stereocenters. The van der Waals surface area contributed by atoms with Crippen LogP contribution in [0.4, 0.5) is 10.7 Å². The molecule has 0 saturated heterocycles. The third kappa shape index (κ3) is 6.61. The maximum atomic E-state index is 13.5. The van der Waals surface area contributed by atoms with Crippen LogP contribution in [-0.2, 0) is 31.0 Å². The third-order valence-corrected chi connectivity index (χ3v) is 7.43. The number of esters is 2. The second-order valence-electron chi connectivity index (χ2n) is 9.91. The molecule has 13 nitrogen and oxygen atoms in total. The van der Waals surface area contributed by atoms with Crippen LogP contribution in [0.25, 0.3) is 0 Å². The van der Waals surface area contributed by atoms with Gasteiger partial charge >= 0.3 is 18.0 Å². The van der Waals surface area contributed by atoms with Crippen LogP contribution in [0, 0.1) is 0 Å². The lowest BCUT2D eigenvalue weighted by molar-refractivity contribution is -0.146. The van der Waals surface area contributed by atoms with Gasteiger partial charge in [-0.2, -0.15) is 5.21 Å². The van der Waals surface area contributed by atoms with E-state index >= 15 is 0 Å². The zero-order valence-electron chi connectivity index (χ0n) is 24.2. The van der Waals surface area contributed by atoms with E-state index < -0.39 is 35.3 Å². The van der Waals surface area contributed by atoms with Crippen molar-refractivity contribution in [3.05, 3.63) is 94.6 Å². The molecule has 1 heterocycles. The van der Waals surface area contributed by atoms with Crippen molar-refractivity contribution >= 4 is 29.8 Å². The molecule has 2 aromatic carbocycles. The van der Waals surface area contributed by atoms with Gasteiger partial charge in [0, 0.05) is 12.1 Å². The Bertz CT molecular complexity index is 1520. The molecule has 3 amide bonds. The number of H-pyrrole nitrogens is 1. The first kappa shape index (κ1) is 30.6. The topological polar surface area (TPSA) is 177 Å². The Balaban J connectivity index is 1.55. The Morgan fingerprint density at radius 2 is 1.74 bits per heavy atom. The van der Waals surface area contributed by atoms with Crippen LogP contribution in [0.5, 0.6) is 0 Å². The number of carbonyl (C=O) groups excluding carboxylic acids is 4. The van der Waals surface area contributed by atoms with Crippen LogP contribution in [0.15, 0.2) is 72.3 Å². The van der Waals surface area contributed by atoms with Crippen LogP contribution in [0.1, 0.15) is 53.2 Å². The molecule has 3 aromatic rings. The van der Waals surface area contributed by atoms with E-state index in [0.717, 1.165) is 12.0 Å². The highest BCUT2D eigenvalue weighted by Gasteiger charge is 2.51. The van der Waals surface area contributed by atoms with Crippen LogP contribution in [0.2, 0.25) is 0 Å². The molecule has 0 saturated carbocycles.